The number of anilines is 1. The monoisotopic (exact) mass is 495 g/mol. The van der Waals surface area contributed by atoms with Crippen LogP contribution in [0.4, 0.5) is 5.69 Å². The van der Waals surface area contributed by atoms with E-state index in [1.165, 1.54) is 23.2 Å². The molecule has 2 heterocycles. The lowest BCUT2D eigenvalue weighted by atomic mass is 9.97. The van der Waals surface area contributed by atoms with E-state index in [1.807, 2.05) is 18.2 Å². The molecule has 0 bridgehead atoms. The van der Waals surface area contributed by atoms with Gasteiger partial charge in [0.05, 0.1) is 13.2 Å². The van der Waals surface area contributed by atoms with E-state index in [2.05, 4.69) is 20.8 Å². The van der Waals surface area contributed by atoms with Crippen molar-refractivity contribution >= 4 is 34.7 Å². The summed E-state index contributed by atoms with van der Waals surface area (Å²) in [5.41, 5.74) is 3.53. The minimum Gasteiger partial charge on any atom is -0.394 e. The van der Waals surface area contributed by atoms with Gasteiger partial charge < -0.3 is 25.7 Å². The highest BCUT2D eigenvalue weighted by molar-refractivity contribution is 7.11. The first-order chi connectivity index (χ1) is 16.8. The average Bonchev–Trinajstić information content (AvgIpc) is 3.41. The lowest BCUT2D eigenvalue weighted by Gasteiger charge is -2.26. The van der Waals surface area contributed by atoms with Crippen LogP contribution in [0.25, 0.3) is 11.1 Å². The zero-order chi connectivity index (χ0) is 25.1. The van der Waals surface area contributed by atoms with E-state index in [-0.39, 0.29) is 18.4 Å². The number of carbonyl (C=O) groups excluding carboxylic acids is 3. The molecule has 0 saturated carbocycles. The van der Waals surface area contributed by atoms with Gasteiger partial charge in [0.15, 0.2) is 0 Å². The Hall–Kier alpha value is -3.67. The molecular weight excluding hydrogens is 470 g/mol. The van der Waals surface area contributed by atoms with Crippen molar-refractivity contribution in [1.82, 2.24) is 20.4 Å². The third-order valence-electron chi connectivity index (χ3n) is 5.70. The fourth-order valence-corrected chi connectivity index (χ4v) is 4.78. The molecule has 1 aliphatic rings. The topological polar surface area (TPSA) is 145 Å². The molecule has 2 atom stereocenters. The van der Waals surface area contributed by atoms with E-state index >= 15 is 0 Å². The van der Waals surface area contributed by atoms with E-state index in [0.29, 0.717) is 21.3 Å². The molecule has 0 unspecified atom stereocenters. The largest absolute Gasteiger partial charge is 0.394 e. The summed E-state index contributed by atoms with van der Waals surface area (Å²) >= 11 is 1.24. The second-order valence-electron chi connectivity index (χ2n) is 8.12. The number of nitrogens with zero attached hydrogens (tertiary/aromatic N) is 3. The van der Waals surface area contributed by atoms with E-state index in [9.17, 15) is 24.6 Å². The summed E-state index contributed by atoms with van der Waals surface area (Å²) < 4.78 is 0. The molecule has 182 valence electrons. The first-order valence-electron chi connectivity index (χ1n) is 10.9. The molecule has 10 nitrogen and oxygen atoms in total. The highest BCUT2D eigenvalue weighted by Gasteiger charge is 2.38. The molecule has 0 saturated heterocycles. The third kappa shape index (κ3) is 5.06. The number of benzene rings is 2. The maximum absolute atomic E-state index is 13.2. The fraction of sp³-hybridized carbons (Fsp3) is 0.292. The summed E-state index contributed by atoms with van der Waals surface area (Å²) in [6.45, 7) is 2.35. The van der Waals surface area contributed by atoms with Gasteiger partial charge in [0.25, 0.3) is 5.91 Å². The molecule has 3 amide bonds. The highest BCUT2D eigenvalue weighted by atomic mass is 32.1. The molecule has 1 aromatic heterocycles. The van der Waals surface area contributed by atoms with Crippen LogP contribution in [0, 0.1) is 6.92 Å². The summed E-state index contributed by atoms with van der Waals surface area (Å²) in [7, 11) is 0. The molecule has 1 aliphatic heterocycles. The van der Waals surface area contributed by atoms with Gasteiger partial charge in [-0.2, -0.15) is 0 Å². The number of aliphatic hydroxyl groups excluding tert-OH is 2. The smallest absolute Gasteiger partial charge is 0.255 e. The summed E-state index contributed by atoms with van der Waals surface area (Å²) in [4.78, 5) is 38.9. The minimum atomic E-state index is -1.15. The fourth-order valence-electron chi connectivity index (χ4n) is 4.04. The quantitative estimate of drug-likeness (QED) is 0.372. The summed E-state index contributed by atoms with van der Waals surface area (Å²) in [6, 6.07) is 10.7. The van der Waals surface area contributed by atoms with Gasteiger partial charge >= 0.3 is 0 Å². The van der Waals surface area contributed by atoms with Crippen molar-refractivity contribution in [2.45, 2.75) is 32.5 Å². The molecule has 11 heteroatoms. The lowest BCUT2D eigenvalue weighted by molar-refractivity contribution is -0.128. The first-order valence-corrected chi connectivity index (χ1v) is 11.8. The SMILES string of the molecule is CC(=O)Nc1ccc(-c2cccc3c2CN([C@@H](CO)C(=O)N[C@@H](CO)c2nnc(C)s2)C3=O)cc1. The maximum Gasteiger partial charge on any atom is 0.255 e. The first kappa shape index (κ1) is 24.5. The lowest BCUT2D eigenvalue weighted by Crippen LogP contribution is -2.50. The van der Waals surface area contributed by atoms with Gasteiger partial charge in [-0.1, -0.05) is 35.6 Å². The highest BCUT2D eigenvalue weighted by Crippen LogP contribution is 2.34. The van der Waals surface area contributed by atoms with Crippen LogP contribution in [0.15, 0.2) is 42.5 Å². The Kier molecular flexibility index (Phi) is 7.20. The third-order valence-corrected chi connectivity index (χ3v) is 6.66. The van der Waals surface area contributed by atoms with Crippen LogP contribution in [0.5, 0.6) is 0 Å². The van der Waals surface area contributed by atoms with Gasteiger partial charge in [-0.25, -0.2) is 0 Å². The molecule has 35 heavy (non-hydrogen) atoms. The molecule has 0 radical (unpaired) electrons. The van der Waals surface area contributed by atoms with E-state index in [0.717, 1.165) is 16.7 Å². The van der Waals surface area contributed by atoms with Crippen molar-refractivity contribution in [1.29, 1.82) is 0 Å². The standard InChI is InChI=1S/C24H25N5O5S/c1-13(32)25-16-8-6-15(7-9-16)17-4-3-5-18-19(17)10-29(24(18)34)21(12-31)22(33)26-20(11-30)23-28-27-14(2)35-23/h3-9,20-21,30-31H,10-12H2,1-2H3,(H,25,32)(H,26,33)/t20-,21-/m0/s1. The molecule has 0 fully saturated rings. The van der Waals surface area contributed by atoms with Gasteiger partial charge in [-0.15, -0.1) is 10.2 Å². The Labute approximate surface area is 205 Å². The van der Waals surface area contributed by atoms with E-state index in [4.69, 9.17) is 0 Å². The van der Waals surface area contributed by atoms with Crippen molar-refractivity contribution in [3.05, 3.63) is 63.6 Å². The number of hydrogen-bond acceptors (Lipinski definition) is 8. The van der Waals surface area contributed by atoms with Crippen LogP contribution in [-0.4, -0.2) is 62.3 Å². The van der Waals surface area contributed by atoms with Gasteiger partial charge in [0, 0.05) is 24.7 Å². The van der Waals surface area contributed by atoms with Crippen LogP contribution < -0.4 is 10.6 Å². The molecule has 3 aromatic rings. The van der Waals surface area contributed by atoms with Crippen molar-refractivity contribution in [3.63, 3.8) is 0 Å². The Bertz CT molecular complexity index is 1260. The van der Waals surface area contributed by atoms with E-state index in [1.54, 1.807) is 31.2 Å². The summed E-state index contributed by atoms with van der Waals surface area (Å²) in [6.07, 6.45) is 0. The number of rotatable bonds is 8. The number of hydrogen-bond donors (Lipinski definition) is 4. The van der Waals surface area contributed by atoms with Crippen LogP contribution in [-0.2, 0) is 16.1 Å². The number of carbonyl (C=O) groups is 3. The minimum absolute atomic E-state index is 0.137. The molecule has 0 aliphatic carbocycles. The summed E-state index contributed by atoms with van der Waals surface area (Å²) in [5, 5.41) is 34.2. The Morgan fingerprint density at radius 1 is 1.09 bits per heavy atom. The zero-order valence-corrected chi connectivity index (χ0v) is 20.0. The molecule has 2 aromatic carbocycles. The predicted molar refractivity (Wildman–Crippen MR) is 130 cm³/mol. The second kappa shape index (κ2) is 10.3. The molecule has 0 spiro atoms. The summed E-state index contributed by atoms with van der Waals surface area (Å²) in [5.74, 6) is -1.13. The van der Waals surface area contributed by atoms with Gasteiger partial charge in [0.1, 0.15) is 22.1 Å². The molecule has 4 N–H and O–H groups in total. The van der Waals surface area contributed by atoms with E-state index < -0.39 is 31.2 Å². The van der Waals surface area contributed by atoms with Crippen LogP contribution in [0.2, 0.25) is 0 Å². The van der Waals surface area contributed by atoms with Crippen molar-refractivity contribution in [3.8, 4) is 11.1 Å². The zero-order valence-electron chi connectivity index (χ0n) is 19.2. The predicted octanol–water partition coefficient (Wildman–Crippen LogP) is 1.64. The normalized spacial score (nSPS) is 14.4. The second-order valence-corrected chi connectivity index (χ2v) is 9.34. The Balaban J connectivity index is 1.56. The Morgan fingerprint density at radius 3 is 2.40 bits per heavy atom. The number of amides is 3. The molecule has 4 rings (SSSR count). The molecular formula is C24H25N5O5S. The van der Waals surface area contributed by atoms with Crippen LogP contribution in [0.3, 0.4) is 0 Å². The number of aryl methyl sites for hydroxylation is 1. The van der Waals surface area contributed by atoms with Crippen molar-refractivity contribution < 1.29 is 24.6 Å². The number of nitrogens with one attached hydrogen (secondary N) is 2. The number of fused-ring (bicyclic) bond motifs is 1. The average molecular weight is 496 g/mol. The maximum atomic E-state index is 13.2. The van der Waals surface area contributed by atoms with Crippen molar-refractivity contribution in [2.24, 2.45) is 0 Å². The number of aromatic nitrogens is 2. The van der Waals surface area contributed by atoms with Crippen LogP contribution in [0.1, 0.15) is 38.9 Å². The van der Waals surface area contributed by atoms with Gasteiger partial charge in [-0.05, 0) is 41.8 Å². The Morgan fingerprint density at radius 2 is 1.80 bits per heavy atom. The number of aliphatic hydroxyl groups is 2. The van der Waals surface area contributed by atoms with Crippen LogP contribution >= 0.6 is 11.3 Å². The van der Waals surface area contributed by atoms with Gasteiger partial charge in [0.2, 0.25) is 11.8 Å². The van der Waals surface area contributed by atoms with Gasteiger partial charge in [-0.3, -0.25) is 14.4 Å². The van der Waals surface area contributed by atoms with Crippen molar-refractivity contribution in [2.75, 3.05) is 18.5 Å².